The van der Waals surface area contributed by atoms with Crippen LogP contribution >= 0.6 is 0 Å². The van der Waals surface area contributed by atoms with Crippen LogP contribution in [-0.4, -0.2) is 60.3 Å². The molecule has 2 heterocycles. The molecule has 0 aliphatic carbocycles. The second-order valence-corrected chi connectivity index (χ2v) is 8.25. The summed E-state index contributed by atoms with van der Waals surface area (Å²) < 4.78 is 26.9. The Hall–Kier alpha value is -2.49. The van der Waals surface area contributed by atoms with Gasteiger partial charge in [-0.3, -0.25) is 14.7 Å². The normalized spacial score (nSPS) is 16.8. The predicted octanol–water partition coefficient (Wildman–Crippen LogP) is 0.391. The topological polar surface area (TPSA) is 106 Å². The van der Waals surface area contributed by atoms with Gasteiger partial charge in [-0.1, -0.05) is 42.5 Å². The van der Waals surface area contributed by atoms with Crippen molar-refractivity contribution in [1.29, 1.82) is 0 Å². The number of hydrogen-bond acceptors (Lipinski definition) is 5. The van der Waals surface area contributed by atoms with Gasteiger partial charge in [-0.2, -0.15) is 4.31 Å². The monoisotopic (exact) mass is 390 g/mol. The average molecular weight is 390 g/mol. The second kappa shape index (κ2) is 8.03. The minimum absolute atomic E-state index is 0.0528. The lowest BCUT2D eigenvalue weighted by molar-refractivity contribution is 0.204. The van der Waals surface area contributed by atoms with Crippen molar-refractivity contribution in [3.8, 4) is 0 Å². The number of aromatic nitrogens is 2. The van der Waals surface area contributed by atoms with Gasteiger partial charge in [0, 0.05) is 38.4 Å². The minimum Gasteiger partial charge on any atom is -0.310 e. The first-order chi connectivity index (χ1) is 12.9. The summed E-state index contributed by atoms with van der Waals surface area (Å²) >= 11 is 0. The molecule has 0 bridgehead atoms. The molecule has 1 aromatic heterocycles. The highest BCUT2D eigenvalue weighted by Gasteiger charge is 2.32. The Morgan fingerprint density at radius 2 is 1.70 bits per heavy atom. The second-order valence-electron chi connectivity index (χ2n) is 6.38. The molecule has 9 heteroatoms. The molecule has 0 unspecified atom stereocenters. The summed E-state index contributed by atoms with van der Waals surface area (Å²) in [6.45, 7) is 3.85. The summed E-state index contributed by atoms with van der Waals surface area (Å²) in [6.07, 6.45) is 4.09. The number of piperazine rings is 1. The highest BCUT2D eigenvalue weighted by atomic mass is 32.2. The number of H-pyrrole nitrogens is 2. The molecule has 1 saturated heterocycles. The highest BCUT2D eigenvalue weighted by molar-refractivity contribution is 7.89. The van der Waals surface area contributed by atoms with Crippen LogP contribution in [0.2, 0.25) is 0 Å². The number of sulfonamides is 1. The van der Waals surface area contributed by atoms with Gasteiger partial charge in [-0.05, 0) is 12.5 Å². The number of hydrogen-bond donors (Lipinski definition) is 2. The van der Waals surface area contributed by atoms with Crippen LogP contribution in [0, 0.1) is 6.92 Å². The van der Waals surface area contributed by atoms with Gasteiger partial charge in [0.2, 0.25) is 10.0 Å². The molecule has 1 aliphatic rings. The number of benzene rings is 1. The van der Waals surface area contributed by atoms with Gasteiger partial charge >= 0.3 is 5.69 Å². The summed E-state index contributed by atoms with van der Waals surface area (Å²) in [7, 11) is -3.95. The van der Waals surface area contributed by atoms with Crippen LogP contribution in [0.25, 0.3) is 6.08 Å². The van der Waals surface area contributed by atoms with Gasteiger partial charge in [0.1, 0.15) is 0 Å². The molecule has 0 saturated carbocycles. The number of rotatable bonds is 5. The Bertz CT molecular complexity index is 1030. The zero-order valence-corrected chi connectivity index (χ0v) is 15.8. The molecule has 1 fully saturated rings. The van der Waals surface area contributed by atoms with Gasteiger partial charge in [0.15, 0.2) is 4.90 Å². The van der Waals surface area contributed by atoms with E-state index in [1.54, 1.807) is 0 Å². The fourth-order valence-corrected chi connectivity index (χ4v) is 4.71. The van der Waals surface area contributed by atoms with Crippen molar-refractivity contribution in [2.24, 2.45) is 0 Å². The molecule has 3 rings (SSSR count). The van der Waals surface area contributed by atoms with Crippen LogP contribution in [-0.2, 0) is 10.0 Å². The average Bonchev–Trinajstić information content (AvgIpc) is 2.62. The van der Waals surface area contributed by atoms with E-state index in [0.29, 0.717) is 26.2 Å². The van der Waals surface area contributed by atoms with Crippen LogP contribution < -0.4 is 11.2 Å². The van der Waals surface area contributed by atoms with Crippen LogP contribution in [0.3, 0.4) is 0 Å². The first-order valence-corrected chi connectivity index (χ1v) is 10.1. The van der Waals surface area contributed by atoms with Crippen LogP contribution in [0.5, 0.6) is 0 Å². The van der Waals surface area contributed by atoms with Crippen molar-refractivity contribution in [3.05, 3.63) is 68.5 Å². The third-order valence-corrected chi connectivity index (χ3v) is 6.53. The fourth-order valence-electron chi connectivity index (χ4n) is 3.08. The standard InChI is InChI=1S/C18H22N4O4S/c1-14-16(17(23)20-18(24)19-14)27(25,26)22-12-10-21(11-13-22)9-5-8-15-6-3-2-4-7-15/h2-8H,9-13H2,1H3,(H2,19,20,23,24)/b8-5+. The maximum Gasteiger partial charge on any atom is 0.325 e. The largest absolute Gasteiger partial charge is 0.325 e. The van der Waals surface area contributed by atoms with Gasteiger partial charge in [-0.25, -0.2) is 13.2 Å². The SMILES string of the molecule is Cc1[nH]c(=O)[nH]c(=O)c1S(=O)(=O)N1CCN(C/C=C/c2ccccc2)CC1. The molecule has 0 amide bonds. The molecular formula is C18H22N4O4S. The van der Waals surface area contributed by atoms with E-state index in [4.69, 9.17) is 0 Å². The quantitative estimate of drug-likeness (QED) is 0.768. The molecule has 0 atom stereocenters. The highest BCUT2D eigenvalue weighted by Crippen LogP contribution is 2.16. The lowest BCUT2D eigenvalue weighted by atomic mass is 10.2. The Kier molecular flexibility index (Phi) is 5.73. The molecule has 8 nitrogen and oxygen atoms in total. The molecule has 1 aromatic carbocycles. The summed E-state index contributed by atoms with van der Waals surface area (Å²) in [6, 6.07) is 9.95. The Morgan fingerprint density at radius 1 is 1.04 bits per heavy atom. The fraction of sp³-hybridized carbons (Fsp3) is 0.333. The van der Waals surface area contributed by atoms with Crippen molar-refractivity contribution >= 4 is 16.1 Å². The first-order valence-electron chi connectivity index (χ1n) is 8.65. The van der Waals surface area contributed by atoms with Crippen molar-refractivity contribution in [1.82, 2.24) is 19.2 Å². The van der Waals surface area contributed by atoms with E-state index < -0.39 is 21.3 Å². The molecule has 27 heavy (non-hydrogen) atoms. The van der Waals surface area contributed by atoms with Crippen LogP contribution in [0.4, 0.5) is 0 Å². The Labute approximate surface area is 157 Å². The predicted molar refractivity (Wildman–Crippen MR) is 103 cm³/mol. The summed E-state index contributed by atoms with van der Waals surface area (Å²) in [5, 5.41) is 0. The lowest BCUT2D eigenvalue weighted by Crippen LogP contribution is -2.49. The first kappa shape index (κ1) is 19.3. The Morgan fingerprint density at radius 3 is 2.33 bits per heavy atom. The molecule has 1 aliphatic heterocycles. The third-order valence-electron chi connectivity index (χ3n) is 4.48. The van der Waals surface area contributed by atoms with E-state index in [1.165, 1.54) is 11.2 Å². The van der Waals surface area contributed by atoms with Gasteiger partial charge in [0.05, 0.1) is 0 Å². The van der Waals surface area contributed by atoms with Crippen LogP contribution in [0.1, 0.15) is 11.3 Å². The number of nitrogens with one attached hydrogen (secondary N) is 2. The van der Waals surface area contributed by atoms with Gasteiger partial charge in [0.25, 0.3) is 5.56 Å². The zero-order chi connectivity index (χ0) is 19.4. The maximum atomic E-state index is 12.8. The van der Waals surface area contributed by atoms with E-state index in [2.05, 4.69) is 16.0 Å². The number of aryl methyl sites for hydroxylation is 1. The molecule has 2 aromatic rings. The number of nitrogens with zero attached hydrogens (tertiary/aromatic N) is 2. The van der Waals surface area contributed by atoms with E-state index in [9.17, 15) is 18.0 Å². The third kappa shape index (κ3) is 4.44. The van der Waals surface area contributed by atoms with Crippen molar-refractivity contribution in [3.63, 3.8) is 0 Å². The Balaban J connectivity index is 1.64. The van der Waals surface area contributed by atoms with Crippen molar-refractivity contribution in [2.75, 3.05) is 32.7 Å². The van der Waals surface area contributed by atoms with Gasteiger partial charge < -0.3 is 4.98 Å². The van der Waals surface area contributed by atoms with E-state index in [1.807, 2.05) is 41.4 Å². The van der Waals surface area contributed by atoms with Gasteiger partial charge in [-0.15, -0.1) is 0 Å². The number of aromatic amines is 2. The zero-order valence-electron chi connectivity index (χ0n) is 15.0. The van der Waals surface area contributed by atoms with E-state index in [0.717, 1.165) is 12.1 Å². The minimum atomic E-state index is -3.95. The van der Waals surface area contributed by atoms with E-state index >= 15 is 0 Å². The molecule has 2 N–H and O–H groups in total. The van der Waals surface area contributed by atoms with Crippen molar-refractivity contribution in [2.45, 2.75) is 11.8 Å². The van der Waals surface area contributed by atoms with Crippen molar-refractivity contribution < 1.29 is 8.42 Å². The molecular weight excluding hydrogens is 368 g/mol. The molecule has 0 spiro atoms. The summed E-state index contributed by atoms with van der Waals surface area (Å²) in [4.78, 5) is 29.4. The maximum absolute atomic E-state index is 12.8. The summed E-state index contributed by atoms with van der Waals surface area (Å²) in [5.41, 5.74) is -0.431. The lowest BCUT2D eigenvalue weighted by Gasteiger charge is -2.33. The molecule has 0 radical (unpaired) electrons. The molecule has 144 valence electrons. The van der Waals surface area contributed by atoms with Crippen LogP contribution in [0.15, 0.2) is 50.9 Å². The summed E-state index contributed by atoms with van der Waals surface area (Å²) in [5.74, 6) is 0. The smallest absolute Gasteiger partial charge is 0.310 e. The van der Waals surface area contributed by atoms with E-state index in [-0.39, 0.29) is 10.6 Å².